The van der Waals surface area contributed by atoms with Crippen molar-refractivity contribution in [3.63, 3.8) is 0 Å². The number of hydrogen-bond donors (Lipinski definition) is 0. The van der Waals surface area contributed by atoms with Gasteiger partial charge in [0.2, 0.25) is 0 Å². The number of benzene rings is 2. The molecular weight excluding hydrogens is 316 g/mol. The number of nitrogens with zero attached hydrogens (tertiary/aromatic N) is 4. The van der Waals surface area contributed by atoms with Gasteiger partial charge in [0, 0.05) is 18.2 Å². The number of fused-ring (bicyclic) bond motifs is 1. The number of rotatable bonds is 2. The minimum atomic E-state index is -0.441. The summed E-state index contributed by atoms with van der Waals surface area (Å²) in [6.45, 7) is 0. The van der Waals surface area contributed by atoms with Crippen molar-refractivity contribution in [1.29, 1.82) is 0 Å². The fourth-order valence-electron chi connectivity index (χ4n) is 2.75. The standard InChI is InChI=1S/C19H14N4O2/c1-22-17-15(12-20-16(21-17)13-8-4-2-5-9-13)23(19(22)25)18(24)14-10-6-3-7-11-14/h2-12H,1H3. The Hall–Kier alpha value is -3.54. The third-order valence-electron chi connectivity index (χ3n) is 4.04. The molecule has 0 N–H and O–H groups in total. The van der Waals surface area contributed by atoms with Crippen LogP contribution in [0.15, 0.2) is 71.7 Å². The highest BCUT2D eigenvalue weighted by Crippen LogP contribution is 2.18. The van der Waals surface area contributed by atoms with Crippen molar-refractivity contribution < 1.29 is 4.79 Å². The number of carbonyl (C=O) groups is 1. The maximum atomic E-state index is 12.7. The Morgan fingerprint density at radius 1 is 0.960 bits per heavy atom. The summed E-state index contributed by atoms with van der Waals surface area (Å²) in [4.78, 5) is 34.1. The Morgan fingerprint density at radius 2 is 1.60 bits per heavy atom. The predicted molar refractivity (Wildman–Crippen MR) is 94.4 cm³/mol. The summed E-state index contributed by atoms with van der Waals surface area (Å²) in [5.41, 5.74) is 1.65. The molecule has 4 aromatic rings. The maximum absolute atomic E-state index is 12.7. The topological polar surface area (TPSA) is 69.8 Å². The number of aromatic nitrogens is 4. The Bertz CT molecular complexity index is 1130. The molecule has 0 spiro atoms. The van der Waals surface area contributed by atoms with Crippen molar-refractivity contribution >= 4 is 17.1 Å². The third-order valence-corrected chi connectivity index (χ3v) is 4.04. The molecule has 122 valence electrons. The third kappa shape index (κ3) is 2.44. The fraction of sp³-hybridized carbons (Fsp3) is 0.0526. The van der Waals surface area contributed by atoms with Gasteiger partial charge in [0.15, 0.2) is 11.5 Å². The zero-order valence-corrected chi connectivity index (χ0v) is 13.5. The van der Waals surface area contributed by atoms with Gasteiger partial charge >= 0.3 is 5.69 Å². The van der Waals surface area contributed by atoms with Crippen LogP contribution in [0.4, 0.5) is 0 Å². The highest BCUT2D eigenvalue weighted by molar-refractivity contribution is 6.00. The summed E-state index contributed by atoms with van der Waals surface area (Å²) in [7, 11) is 1.60. The SMILES string of the molecule is Cn1c(=O)n(C(=O)c2ccccc2)c2cnc(-c3ccccc3)nc21. The van der Waals surface area contributed by atoms with Crippen LogP contribution in [-0.4, -0.2) is 25.0 Å². The van der Waals surface area contributed by atoms with Crippen molar-refractivity contribution in [2.24, 2.45) is 7.05 Å². The van der Waals surface area contributed by atoms with E-state index in [-0.39, 0.29) is 0 Å². The molecule has 2 aromatic heterocycles. The van der Waals surface area contributed by atoms with Crippen LogP contribution >= 0.6 is 0 Å². The molecule has 2 heterocycles. The molecule has 6 nitrogen and oxygen atoms in total. The molecule has 0 unspecified atom stereocenters. The van der Waals surface area contributed by atoms with Crippen LogP contribution in [-0.2, 0) is 7.05 Å². The van der Waals surface area contributed by atoms with Gasteiger partial charge in [-0.1, -0.05) is 48.5 Å². The van der Waals surface area contributed by atoms with E-state index in [4.69, 9.17) is 0 Å². The molecule has 0 amide bonds. The van der Waals surface area contributed by atoms with E-state index in [1.165, 1.54) is 10.8 Å². The van der Waals surface area contributed by atoms with E-state index >= 15 is 0 Å². The van der Waals surface area contributed by atoms with Gasteiger partial charge in [-0.2, -0.15) is 0 Å². The summed E-state index contributed by atoms with van der Waals surface area (Å²) in [6, 6.07) is 18.2. The normalized spacial score (nSPS) is 10.9. The van der Waals surface area contributed by atoms with Crippen LogP contribution in [0.1, 0.15) is 10.4 Å². The van der Waals surface area contributed by atoms with Gasteiger partial charge in [0.05, 0.1) is 6.20 Å². The lowest BCUT2D eigenvalue weighted by molar-refractivity contribution is 0.0960. The van der Waals surface area contributed by atoms with Gasteiger partial charge in [-0.25, -0.2) is 19.3 Å². The first kappa shape index (κ1) is 15.0. The highest BCUT2D eigenvalue weighted by atomic mass is 16.2. The molecule has 2 aromatic carbocycles. The van der Waals surface area contributed by atoms with Crippen LogP contribution in [0.5, 0.6) is 0 Å². The molecular formula is C19H14N4O2. The molecule has 0 fully saturated rings. The van der Waals surface area contributed by atoms with Gasteiger partial charge in [-0.05, 0) is 12.1 Å². The lowest BCUT2D eigenvalue weighted by Gasteiger charge is -2.03. The van der Waals surface area contributed by atoms with Gasteiger partial charge in [0.1, 0.15) is 5.52 Å². The predicted octanol–water partition coefficient (Wildman–Crippen LogP) is 2.49. The molecule has 0 saturated carbocycles. The second-order valence-corrected chi connectivity index (χ2v) is 5.62. The van der Waals surface area contributed by atoms with Gasteiger partial charge in [-0.15, -0.1) is 0 Å². The smallest absolute Gasteiger partial charge is 0.279 e. The summed E-state index contributed by atoms with van der Waals surface area (Å²) < 4.78 is 2.48. The van der Waals surface area contributed by atoms with Crippen molar-refractivity contribution in [2.75, 3.05) is 0 Å². The first-order valence-electron chi connectivity index (χ1n) is 7.76. The van der Waals surface area contributed by atoms with Crippen molar-refractivity contribution in [1.82, 2.24) is 19.1 Å². The number of imidazole rings is 1. The fourth-order valence-corrected chi connectivity index (χ4v) is 2.75. The van der Waals surface area contributed by atoms with E-state index in [2.05, 4.69) is 9.97 Å². The molecule has 25 heavy (non-hydrogen) atoms. The summed E-state index contributed by atoms with van der Waals surface area (Å²) in [6.07, 6.45) is 1.52. The minimum Gasteiger partial charge on any atom is -0.279 e. The molecule has 0 bridgehead atoms. The lowest BCUT2D eigenvalue weighted by atomic mass is 10.2. The summed E-state index contributed by atoms with van der Waals surface area (Å²) in [5.74, 6) is 0.111. The summed E-state index contributed by atoms with van der Waals surface area (Å²) in [5, 5.41) is 0. The molecule has 0 radical (unpaired) electrons. The highest BCUT2D eigenvalue weighted by Gasteiger charge is 2.20. The molecule has 0 aliphatic heterocycles. The largest absolute Gasteiger partial charge is 0.337 e. The van der Waals surface area contributed by atoms with Crippen LogP contribution in [0.25, 0.3) is 22.6 Å². The average molecular weight is 330 g/mol. The van der Waals surface area contributed by atoms with Gasteiger partial charge < -0.3 is 0 Å². The van der Waals surface area contributed by atoms with Gasteiger partial charge in [0.25, 0.3) is 5.91 Å². The first-order valence-corrected chi connectivity index (χ1v) is 7.76. The zero-order valence-electron chi connectivity index (χ0n) is 13.5. The average Bonchev–Trinajstić information content (AvgIpc) is 2.93. The van der Waals surface area contributed by atoms with Crippen LogP contribution in [0, 0.1) is 0 Å². The van der Waals surface area contributed by atoms with Crippen LogP contribution in [0.2, 0.25) is 0 Å². The van der Waals surface area contributed by atoms with Crippen LogP contribution < -0.4 is 5.69 Å². The van der Waals surface area contributed by atoms with Crippen molar-refractivity contribution in [2.45, 2.75) is 0 Å². The van der Waals surface area contributed by atoms with E-state index in [0.29, 0.717) is 22.6 Å². The van der Waals surface area contributed by atoms with E-state index < -0.39 is 11.6 Å². The zero-order chi connectivity index (χ0) is 17.4. The molecule has 0 atom stereocenters. The molecule has 6 heteroatoms. The number of carbonyl (C=O) groups excluding carboxylic acids is 1. The monoisotopic (exact) mass is 330 g/mol. The number of aryl methyl sites for hydroxylation is 1. The Balaban J connectivity index is 1.92. The second-order valence-electron chi connectivity index (χ2n) is 5.62. The molecule has 4 rings (SSSR count). The second kappa shape index (κ2) is 5.83. The minimum absolute atomic E-state index is 0.390. The lowest BCUT2D eigenvalue weighted by Crippen LogP contribution is -2.28. The Morgan fingerprint density at radius 3 is 2.28 bits per heavy atom. The van der Waals surface area contributed by atoms with E-state index in [1.807, 2.05) is 36.4 Å². The van der Waals surface area contributed by atoms with Crippen molar-refractivity contribution in [3.05, 3.63) is 82.9 Å². The van der Waals surface area contributed by atoms with Gasteiger partial charge in [-0.3, -0.25) is 9.36 Å². The molecule has 0 saturated heterocycles. The quantitative estimate of drug-likeness (QED) is 0.566. The Labute approximate surface area is 143 Å². The molecule has 0 aliphatic rings. The van der Waals surface area contributed by atoms with E-state index in [0.717, 1.165) is 10.1 Å². The Kier molecular flexibility index (Phi) is 3.50. The van der Waals surface area contributed by atoms with E-state index in [1.54, 1.807) is 31.3 Å². The first-order chi connectivity index (χ1) is 12.2. The van der Waals surface area contributed by atoms with E-state index in [9.17, 15) is 9.59 Å². The number of hydrogen-bond acceptors (Lipinski definition) is 4. The summed E-state index contributed by atoms with van der Waals surface area (Å²) >= 11 is 0. The van der Waals surface area contributed by atoms with Crippen LogP contribution in [0.3, 0.4) is 0 Å². The van der Waals surface area contributed by atoms with Crippen molar-refractivity contribution in [3.8, 4) is 11.4 Å². The maximum Gasteiger partial charge on any atom is 0.337 e. The molecule has 0 aliphatic carbocycles.